The topological polar surface area (TPSA) is 52.7 Å². The molecule has 0 aliphatic heterocycles. The van der Waals surface area contributed by atoms with Crippen LogP contribution in [0.25, 0.3) is 0 Å². The van der Waals surface area contributed by atoms with Gasteiger partial charge in [-0.05, 0) is 43.8 Å². The van der Waals surface area contributed by atoms with Gasteiger partial charge in [0.25, 0.3) is 0 Å². The van der Waals surface area contributed by atoms with Gasteiger partial charge in [0, 0.05) is 30.2 Å². The molecule has 156 valence electrons. The van der Waals surface area contributed by atoms with Crippen molar-refractivity contribution in [1.82, 2.24) is 15.1 Å². The summed E-state index contributed by atoms with van der Waals surface area (Å²) in [5.41, 5.74) is 1.08. The van der Waals surface area contributed by atoms with Gasteiger partial charge in [-0.25, -0.2) is 8.78 Å². The van der Waals surface area contributed by atoms with Crippen molar-refractivity contribution >= 4 is 23.4 Å². The van der Waals surface area contributed by atoms with Crippen molar-refractivity contribution in [2.75, 3.05) is 26.7 Å². The number of nitrogens with one attached hydrogen (secondary N) is 1. The van der Waals surface area contributed by atoms with Crippen LogP contribution in [0.5, 0.6) is 0 Å². The average Bonchev–Trinajstić information content (AvgIpc) is 2.68. The third kappa shape index (κ3) is 7.11. The first-order chi connectivity index (χ1) is 13.8. The second-order valence-corrected chi connectivity index (χ2v) is 7.09. The Labute approximate surface area is 174 Å². The summed E-state index contributed by atoms with van der Waals surface area (Å²) in [5, 5.41) is 3.01. The molecular formula is C21H24ClF2N3O2. The minimum Gasteiger partial charge on any atom is -0.350 e. The highest BCUT2D eigenvalue weighted by Crippen LogP contribution is 2.20. The summed E-state index contributed by atoms with van der Waals surface area (Å²) < 4.78 is 26.8. The van der Waals surface area contributed by atoms with Crippen LogP contribution in [-0.4, -0.2) is 48.3 Å². The first-order valence-electron chi connectivity index (χ1n) is 9.20. The Morgan fingerprint density at radius 1 is 1.07 bits per heavy atom. The lowest BCUT2D eigenvalue weighted by molar-refractivity contribution is -0.136. The first kappa shape index (κ1) is 22.8. The van der Waals surface area contributed by atoms with Crippen LogP contribution >= 0.6 is 11.6 Å². The zero-order chi connectivity index (χ0) is 21.4. The number of benzene rings is 2. The Balaban J connectivity index is 1.85. The van der Waals surface area contributed by atoms with E-state index in [2.05, 4.69) is 5.32 Å². The molecule has 0 aliphatic carbocycles. The van der Waals surface area contributed by atoms with Gasteiger partial charge in [-0.2, -0.15) is 0 Å². The smallest absolute Gasteiger partial charge is 0.239 e. The number of likely N-dealkylation sites (N-methyl/N-ethyl adjacent to an activating group) is 2. The number of carbonyl (C=O) groups is 2. The lowest BCUT2D eigenvalue weighted by atomic mass is 10.2. The van der Waals surface area contributed by atoms with E-state index in [1.807, 2.05) is 0 Å². The van der Waals surface area contributed by atoms with Crippen molar-refractivity contribution in [2.24, 2.45) is 0 Å². The highest BCUT2D eigenvalue weighted by Gasteiger charge is 2.18. The van der Waals surface area contributed by atoms with Gasteiger partial charge in [0.2, 0.25) is 11.8 Å². The molecule has 2 rings (SSSR count). The predicted octanol–water partition coefficient (Wildman–Crippen LogP) is 3.21. The number of carbonyl (C=O) groups excluding carboxylic acids is 2. The number of hydrogen-bond donors (Lipinski definition) is 1. The molecule has 0 saturated carbocycles. The van der Waals surface area contributed by atoms with E-state index in [4.69, 9.17) is 11.6 Å². The van der Waals surface area contributed by atoms with Crippen LogP contribution in [0.15, 0.2) is 42.5 Å². The van der Waals surface area contributed by atoms with E-state index in [0.717, 1.165) is 5.56 Å². The number of nitrogens with zero attached hydrogens (tertiary/aromatic N) is 2. The molecule has 8 heteroatoms. The third-order valence-corrected chi connectivity index (χ3v) is 4.72. The molecule has 0 fully saturated rings. The maximum Gasteiger partial charge on any atom is 0.239 e. The highest BCUT2D eigenvalue weighted by atomic mass is 35.5. The van der Waals surface area contributed by atoms with Gasteiger partial charge in [-0.3, -0.25) is 14.5 Å². The predicted molar refractivity (Wildman–Crippen MR) is 108 cm³/mol. The molecule has 0 heterocycles. The summed E-state index contributed by atoms with van der Waals surface area (Å²) in [5.74, 6) is -1.34. The maximum atomic E-state index is 13.9. The molecule has 29 heavy (non-hydrogen) atoms. The number of rotatable bonds is 9. The molecule has 2 amide bonds. The molecule has 0 bridgehead atoms. The van der Waals surface area contributed by atoms with E-state index < -0.39 is 5.82 Å². The van der Waals surface area contributed by atoms with Crippen LogP contribution < -0.4 is 5.32 Å². The summed E-state index contributed by atoms with van der Waals surface area (Å²) in [4.78, 5) is 27.8. The minimum absolute atomic E-state index is 0.0176. The largest absolute Gasteiger partial charge is 0.350 e. The van der Waals surface area contributed by atoms with Crippen LogP contribution in [0.2, 0.25) is 5.02 Å². The highest BCUT2D eigenvalue weighted by molar-refractivity contribution is 6.31. The van der Waals surface area contributed by atoms with Crippen molar-refractivity contribution in [2.45, 2.75) is 20.0 Å². The second-order valence-electron chi connectivity index (χ2n) is 6.68. The van der Waals surface area contributed by atoms with Crippen molar-refractivity contribution in [1.29, 1.82) is 0 Å². The monoisotopic (exact) mass is 423 g/mol. The number of hydrogen-bond acceptors (Lipinski definition) is 3. The normalized spacial score (nSPS) is 10.8. The molecule has 2 aromatic rings. The molecule has 0 unspecified atom stereocenters. The van der Waals surface area contributed by atoms with E-state index >= 15 is 0 Å². The van der Waals surface area contributed by atoms with Crippen LogP contribution in [0.1, 0.15) is 18.1 Å². The van der Waals surface area contributed by atoms with Gasteiger partial charge in [0.1, 0.15) is 11.6 Å². The molecule has 0 aliphatic rings. The van der Waals surface area contributed by atoms with Gasteiger partial charge >= 0.3 is 0 Å². The second kappa shape index (κ2) is 10.9. The Morgan fingerprint density at radius 2 is 1.76 bits per heavy atom. The van der Waals surface area contributed by atoms with Crippen molar-refractivity contribution in [3.63, 3.8) is 0 Å². The minimum atomic E-state index is -0.427. The quantitative estimate of drug-likeness (QED) is 0.673. The van der Waals surface area contributed by atoms with Gasteiger partial charge in [0.05, 0.1) is 13.1 Å². The molecule has 2 aromatic carbocycles. The van der Waals surface area contributed by atoms with E-state index in [1.54, 1.807) is 37.1 Å². The van der Waals surface area contributed by atoms with Crippen molar-refractivity contribution in [3.05, 3.63) is 70.2 Å². The van der Waals surface area contributed by atoms with Crippen LogP contribution in [0.4, 0.5) is 8.78 Å². The molecule has 0 saturated heterocycles. The van der Waals surface area contributed by atoms with Gasteiger partial charge < -0.3 is 10.2 Å². The van der Waals surface area contributed by atoms with Crippen LogP contribution in [-0.2, 0) is 22.7 Å². The lowest BCUT2D eigenvalue weighted by Gasteiger charge is -2.24. The average molecular weight is 424 g/mol. The zero-order valence-corrected chi connectivity index (χ0v) is 17.2. The van der Waals surface area contributed by atoms with Crippen molar-refractivity contribution in [3.8, 4) is 0 Å². The zero-order valence-electron chi connectivity index (χ0n) is 16.4. The summed E-state index contributed by atoms with van der Waals surface area (Å²) >= 11 is 6.03. The first-order valence-corrected chi connectivity index (χ1v) is 9.58. The molecule has 1 N–H and O–H groups in total. The summed E-state index contributed by atoms with van der Waals surface area (Å²) in [7, 11) is 1.68. The SMILES string of the molecule is CCN(CC(=O)NCc1ccc(F)cc1)C(=O)CN(C)Cc1c(F)cccc1Cl. The number of amides is 2. The lowest BCUT2D eigenvalue weighted by Crippen LogP contribution is -2.44. The summed E-state index contributed by atoms with van der Waals surface area (Å²) in [6.07, 6.45) is 0. The van der Waals surface area contributed by atoms with E-state index in [0.29, 0.717) is 17.1 Å². The molecule has 0 aromatic heterocycles. The van der Waals surface area contributed by atoms with Gasteiger partial charge in [-0.1, -0.05) is 29.8 Å². The van der Waals surface area contributed by atoms with E-state index in [1.165, 1.54) is 29.2 Å². The van der Waals surface area contributed by atoms with Crippen LogP contribution in [0.3, 0.4) is 0 Å². The van der Waals surface area contributed by atoms with Crippen molar-refractivity contribution < 1.29 is 18.4 Å². The summed E-state index contributed by atoms with van der Waals surface area (Å²) in [6, 6.07) is 10.3. The fraction of sp³-hybridized carbons (Fsp3) is 0.333. The van der Waals surface area contributed by atoms with E-state index in [9.17, 15) is 18.4 Å². The molecular weight excluding hydrogens is 400 g/mol. The molecule has 0 atom stereocenters. The number of halogens is 3. The van der Waals surface area contributed by atoms with Gasteiger partial charge in [0.15, 0.2) is 0 Å². The molecule has 0 spiro atoms. The Bertz CT molecular complexity index is 826. The fourth-order valence-corrected chi connectivity index (χ4v) is 2.97. The Kier molecular flexibility index (Phi) is 8.54. The van der Waals surface area contributed by atoms with Gasteiger partial charge in [-0.15, -0.1) is 0 Å². The standard InChI is InChI=1S/C21H24ClF2N3O2/c1-3-27(13-20(28)25-11-15-7-9-16(23)10-8-15)21(29)14-26(2)12-17-18(22)5-4-6-19(17)24/h4-10H,3,11-14H2,1-2H3,(H,25,28). The fourth-order valence-electron chi connectivity index (χ4n) is 2.75. The maximum absolute atomic E-state index is 13.9. The Hall–Kier alpha value is -2.51. The molecule has 0 radical (unpaired) electrons. The Morgan fingerprint density at radius 3 is 2.38 bits per heavy atom. The van der Waals surface area contributed by atoms with E-state index in [-0.39, 0.29) is 43.8 Å². The summed E-state index contributed by atoms with van der Waals surface area (Å²) in [6.45, 7) is 2.48. The van der Waals surface area contributed by atoms with Crippen LogP contribution in [0, 0.1) is 11.6 Å². The third-order valence-electron chi connectivity index (χ3n) is 4.37. The molecule has 5 nitrogen and oxygen atoms in total.